The van der Waals surface area contributed by atoms with Crippen molar-refractivity contribution in [2.24, 2.45) is 4.99 Å². The van der Waals surface area contributed by atoms with E-state index in [2.05, 4.69) is 16.3 Å². The van der Waals surface area contributed by atoms with Crippen molar-refractivity contribution in [1.82, 2.24) is 4.57 Å². The van der Waals surface area contributed by atoms with Gasteiger partial charge in [-0.1, -0.05) is 41.2 Å². The van der Waals surface area contributed by atoms with Crippen molar-refractivity contribution >= 4 is 43.2 Å². The van der Waals surface area contributed by atoms with Gasteiger partial charge in [0, 0.05) is 23.9 Å². The zero-order chi connectivity index (χ0) is 24.5. The number of rotatable bonds is 6. The highest BCUT2D eigenvalue weighted by Crippen LogP contribution is 2.23. The number of thiazole rings is 1. The van der Waals surface area contributed by atoms with Gasteiger partial charge in [-0.2, -0.15) is 4.99 Å². The Kier molecular flexibility index (Phi) is 6.45. The van der Waals surface area contributed by atoms with E-state index in [1.165, 1.54) is 53.1 Å². The minimum Gasteiger partial charge on any atom is -0.310 e. The third-order valence-corrected chi connectivity index (χ3v) is 7.32. The zero-order valence-electron chi connectivity index (χ0n) is 18.0. The first kappa shape index (κ1) is 23.5. The molecule has 0 bridgehead atoms. The van der Waals surface area contributed by atoms with Crippen molar-refractivity contribution in [3.05, 3.63) is 101 Å². The van der Waals surface area contributed by atoms with Crippen LogP contribution in [0, 0.1) is 18.6 Å². The molecule has 0 atom stereocenters. The molecule has 0 spiro atoms. The van der Waals surface area contributed by atoms with E-state index in [1.807, 2.05) is 6.92 Å². The number of sulfonamides is 1. The van der Waals surface area contributed by atoms with Gasteiger partial charge in [-0.3, -0.25) is 9.52 Å². The predicted molar refractivity (Wildman–Crippen MR) is 128 cm³/mol. The third-order valence-electron chi connectivity index (χ3n) is 4.90. The standard InChI is InChI=1S/C24H19F2N3O3S2/c1-3-11-29-22-20(26)13-17(25)14-21(22)33-24(29)27-23(30)16-5-4-6-18(12-16)28-34(31,32)19-9-7-15(2)8-10-19/h3-10,12-14,28H,1,11H2,2H3. The number of hydrogen-bond donors (Lipinski definition) is 1. The fourth-order valence-corrected chi connectivity index (χ4v) is 5.44. The number of anilines is 1. The van der Waals surface area contributed by atoms with Crippen LogP contribution < -0.4 is 9.52 Å². The lowest BCUT2D eigenvalue weighted by molar-refractivity contribution is 0.0998. The summed E-state index contributed by atoms with van der Waals surface area (Å²) in [6, 6.07) is 14.2. The molecule has 0 saturated heterocycles. The Bertz CT molecular complexity index is 1590. The zero-order valence-corrected chi connectivity index (χ0v) is 19.6. The molecule has 1 heterocycles. The van der Waals surface area contributed by atoms with Crippen molar-refractivity contribution in [1.29, 1.82) is 0 Å². The summed E-state index contributed by atoms with van der Waals surface area (Å²) < 4.78 is 57.6. The van der Waals surface area contributed by atoms with E-state index in [1.54, 1.807) is 12.1 Å². The molecule has 1 N–H and O–H groups in total. The first-order chi connectivity index (χ1) is 16.2. The lowest BCUT2D eigenvalue weighted by Gasteiger charge is -2.09. The third kappa shape index (κ3) is 4.82. The quantitative estimate of drug-likeness (QED) is 0.379. The van der Waals surface area contributed by atoms with Crippen molar-refractivity contribution < 1.29 is 22.0 Å². The van der Waals surface area contributed by atoms with E-state index in [-0.39, 0.29) is 33.0 Å². The molecular formula is C24H19F2N3O3S2. The molecule has 34 heavy (non-hydrogen) atoms. The predicted octanol–water partition coefficient (Wildman–Crippen LogP) is 5.02. The maximum Gasteiger partial charge on any atom is 0.279 e. The second-order valence-electron chi connectivity index (χ2n) is 7.43. The molecule has 10 heteroatoms. The summed E-state index contributed by atoms with van der Waals surface area (Å²) in [4.78, 5) is 17.2. The highest BCUT2D eigenvalue weighted by molar-refractivity contribution is 7.92. The number of aromatic nitrogens is 1. The van der Waals surface area contributed by atoms with Crippen LogP contribution in [0.2, 0.25) is 0 Å². The molecule has 0 unspecified atom stereocenters. The number of carbonyl (C=O) groups excluding carboxylic acids is 1. The van der Waals surface area contributed by atoms with Crippen LogP contribution >= 0.6 is 11.3 Å². The number of fused-ring (bicyclic) bond motifs is 1. The summed E-state index contributed by atoms with van der Waals surface area (Å²) >= 11 is 0.964. The van der Waals surface area contributed by atoms with E-state index < -0.39 is 27.6 Å². The van der Waals surface area contributed by atoms with Gasteiger partial charge in [-0.15, -0.1) is 6.58 Å². The highest BCUT2D eigenvalue weighted by Gasteiger charge is 2.16. The fourth-order valence-electron chi connectivity index (χ4n) is 3.31. The summed E-state index contributed by atoms with van der Waals surface area (Å²) in [6.45, 7) is 5.65. The molecule has 0 aliphatic carbocycles. The van der Waals surface area contributed by atoms with E-state index in [0.29, 0.717) is 4.70 Å². The lowest BCUT2D eigenvalue weighted by Crippen LogP contribution is -2.17. The van der Waals surface area contributed by atoms with Gasteiger partial charge in [-0.05, 0) is 43.3 Å². The van der Waals surface area contributed by atoms with Crippen LogP contribution in [0.3, 0.4) is 0 Å². The molecule has 0 saturated carbocycles. The molecule has 3 aromatic carbocycles. The smallest absolute Gasteiger partial charge is 0.279 e. The molecular weight excluding hydrogens is 480 g/mol. The molecule has 0 aliphatic rings. The normalized spacial score (nSPS) is 12.1. The fraction of sp³-hybridized carbons (Fsp3) is 0.0833. The average molecular weight is 500 g/mol. The number of amides is 1. The Labute approximate surface area is 198 Å². The first-order valence-corrected chi connectivity index (χ1v) is 12.4. The number of hydrogen-bond acceptors (Lipinski definition) is 4. The van der Waals surface area contributed by atoms with Crippen LogP contribution in [0.25, 0.3) is 10.2 Å². The number of halogens is 2. The van der Waals surface area contributed by atoms with E-state index in [4.69, 9.17) is 0 Å². The van der Waals surface area contributed by atoms with Crippen molar-refractivity contribution in [2.75, 3.05) is 4.72 Å². The van der Waals surface area contributed by atoms with Gasteiger partial charge < -0.3 is 4.57 Å². The van der Waals surface area contributed by atoms with Gasteiger partial charge in [0.1, 0.15) is 5.82 Å². The van der Waals surface area contributed by atoms with Crippen LogP contribution in [0.15, 0.2) is 83.2 Å². The van der Waals surface area contributed by atoms with Crippen LogP contribution in [-0.2, 0) is 16.6 Å². The van der Waals surface area contributed by atoms with Gasteiger partial charge in [-0.25, -0.2) is 17.2 Å². The molecule has 1 amide bonds. The maximum absolute atomic E-state index is 14.4. The van der Waals surface area contributed by atoms with Gasteiger partial charge in [0.25, 0.3) is 15.9 Å². The number of aryl methyl sites for hydroxylation is 1. The molecule has 6 nitrogen and oxygen atoms in total. The Balaban J connectivity index is 1.70. The monoisotopic (exact) mass is 499 g/mol. The molecule has 4 aromatic rings. The number of allylic oxidation sites excluding steroid dienone is 1. The molecule has 0 radical (unpaired) electrons. The molecule has 4 rings (SSSR count). The number of nitrogens with one attached hydrogen (secondary N) is 1. The maximum atomic E-state index is 14.4. The van der Waals surface area contributed by atoms with E-state index >= 15 is 0 Å². The number of nitrogens with zero attached hydrogens (tertiary/aromatic N) is 2. The van der Waals surface area contributed by atoms with Gasteiger partial charge >= 0.3 is 0 Å². The average Bonchev–Trinajstić information content (AvgIpc) is 3.11. The van der Waals surface area contributed by atoms with Crippen LogP contribution in [0.4, 0.5) is 14.5 Å². The van der Waals surface area contributed by atoms with Crippen molar-refractivity contribution in [2.45, 2.75) is 18.4 Å². The number of carbonyl (C=O) groups is 1. The van der Waals surface area contributed by atoms with Gasteiger partial charge in [0.05, 0.1) is 15.1 Å². The lowest BCUT2D eigenvalue weighted by atomic mass is 10.2. The first-order valence-electron chi connectivity index (χ1n) is 10.1. The van der Waals surface area contributed by atoms with Crippen molar-refractivity contribution in [3.8, 4) is 0 Å². The summed E-state index contributed by atoms with van der Waals surface area (Å²) in [5, 5.41) is 0. The second kappa shape index (κ2) is 9.32. The van der Waals surface area contributed by atoms with E-state index in [0.717, 1.165) is 23.0 Å². The largest absolute Gasteiger partial charge is 0.310 e. The minimum atomic E-state index is -3.85. The Morgan fingerprint density at radius 2 is 1.88 bits per heavy atom. The molecule has 0 fully saturated rings. The Morgan fingerprint density at radius 3 is 2.59 bits per heavy atom. The van der Waals surface area contributed by atoms with Gasteiger partial charge in [0.2, 0.25) is 0 Å². The van der Waals surface area contributed by atoms with Crippen LogP contribution in [0.1, 0.15) is 15.9 Å². The summed E-state index contributed by atoms with van der Waals surface area (Å²) in [6.07, 6.45) is 1.51. The second-order valence-corrected chi connectivity index (χ2v) is 10.1. The number of benzene rings is 3. The van der Waals surface area contributed by atoms with Crippen LogP contribution in [0.5, 0.6) is 0 Å². The van der Waals surface area contributed by atoms with Gasteiger partial charge in [0.15, 0.2) is 10.6 Å². The SMILES string of the molecule is C=CCn1c(=NC(=O)c2cccc(NS(=O)(=O)c3ccc(C)cc3)c2)sc2cc(F)cc(F)c21. The van der Waals surface area contributed by atoms with Crippen LogP contribution in [-0.4, -0.2) is 18.9 Å². The van der Waals surface area contributed by atoms with E-state index in [9.17, 15) is 22.0 Å². The summed E-state index contributed by atoms with van der Waals surface area (Å²) in [5.74, 6) is -2.17. The topological polar surface area (TPSA) is 80.5 Å². The Hall–Kier alpha value is -3.63. The highest BCUT2D eigenvalue weighted by atomic mass is 32.2. The minimum absolute atomic E-state index is 0.0875. The Morgan fingerprint density at radius 1 is 1.15 bits per heavy atom. The summed E-state index contributed by atoms with van der Waals surface area (Å²) in [5.41, 5.74) is 1.35. The molecule has 0 aliphatic heterocycles. The molecule has 1 aromatic heterocycles. The molecule has 174 valence electrons. The van der Waals surface area contributed by atoms with Crippen molar-refractivity contribution in [3.63, 3.8) is 0 Å². The summed E-state index contributed by atoms with van der Waals surface area (Å²) in [7, 11) is -3.85.